The number of aryl methyl sites for hydroxylation is 1. The van der Waals surface area contributed by atoms with Gasteiger partial charge in [0.25, 0.3) is 0 Å². The van der Waals surface area contributed by atoms with Crippen molar-refractivity contribution in [2.24, 2.45) is 5.41 Å². The van der Waals surface area contributed by atoms with Crippen molar-refractivity contribution in [3.05, 3.63) is 59.7 Å². The zero-order valence-electron chi connectivity index (χ0n) is 13.9. The Labute approximate surface area is 141 Å². The van der Waals surface area contributed by atoms with Gasteiger partial charge in [-0.3, -0.25) is 9.59 Å². The van der Waals surface area contributed by atoms with Crippen molar-refractivity contribution in [3.8, 4) is 6.07 Å². The van der Waals surface area contributed by atoms with Crippen molar-refractivity contribution >= 4 is 23.2 Å². The highest BCUT2D eigenvalue weighted by Gasteiger charge is 2.36. The van der Waals surface area contributed by atoms with Gasteiger partial charge in [-0.2, -0.15) is 5.26 Å². The van der Waals surface area contributed by atoms with Gasteiger partial charge >= 0.3 is 0 Å². The largest absolute Gasteiger partial charge is 0.325 e. The molecule has 0 aromatic heterocycles. The lowest BCUT2D eigenvalue weighted by molar-refractivity contribution is -0.135. The quantitative estimate of drug-likeness (QED) is 0.846. The molecule has 0 fully saturated rings. The highest BCUT2D eigenvalue weighted by Crippen LogP contribution is 2.22. The molecule has 0 aliphatic heterocycles. The minimum atomic E-state index is -1.25. The molecule has 5 heteroatoms. The standard InChI is InChI=1S/C19H19N3O2/c1-13-5-4-6-16(11-13)22-18(24)19(2,3)17(23)21-15-9-7-14(12-20)8-10-15/h4-11H,1-3H3,(H,21,23)(H,22,24). The van der Waals surface area contributed by atoms with E-state index in [0.717, 1.165) is 5.56 Å². The molecule has 2 aromatic rings. The summed E-state index contributed by atoms with van der Waals surface area (Å²) in [5, 5.41) is 14.2. The molecule has 5 nitrogen and oxygen atoms in total. The average molecular weight is 321 g/mol. The molecule has 0 bridgehead atoms. The second-order valence-corrected chi connectivity index (χ2v) is 6.09. The Bertz CT molecular complexity index is 802. The van der Waals surface area contributed by atoms with Crippen molar-refractivity contribution in [1.29, 1.82) is 5.26 Å². The molecular weight excluding hydrogens is 302 g/mol. The maximum Gasteiger partial charge on any atom is 0.239 e. The topological polar surface area (TPSA) is 82.0 Å². The minimum absolute atomic E-state index is 0.390. The van der Waals surface area contributed by atoms with Crippen LogP contribution in [0, 0.1) is 23.7 Å². The highest BCUT2D eigenvalue weighted by molar-refractivity contribution is 6.14. The predicted molar refractivity (Wildman–Crippen MR) is 93.4 cm³/mol. The van der Waals surface area contributed by atoms with Crippen LogP contribution < -0.4 is 10.6 Å². The molecule has 2 aromatic carbocycles. The summed E-state index contributed by atoms with van der Waals surface area (Å²) in [7, 11) is 0. The highest BCUT2D eigenvalue weighted by atomic mass is 16.2. The Kier molecular flexibility index (Phi) is 5.00. The van der Waals surface area contributed by atoms with Gasteiger partial charge in [-0.1, -0.05) is 12.1 Å². The molecule has 0 radical (unpaired) electrons. The number of hydrogen-bond acceptors (Lipinski definition) is 3. The fourth-order valence-electron chi connectivity index (χ4n) is 2.03. The molecule has 0 atom stereocenters. The maximum absolute atomic E-state index is 12.5. The molecule has 0 aliphatic carbocycles. The van der Waals surface area contributed by atoms with Crippen molar-refractivity contribution in [2.75, 3.05) is 10.6 Å². The third-order valence-corrected chi connectivity index (χ3v) is 3.68. The molecule has 2 amide bonds. The van der Waals surface area contributed by atoms with E-state index in [1.807, 2.05) is 31.2 Å². The second kappa shape index (κ2) is 6.97. The molecular formula is C19H19N3O2. The molecule has 0 spiro atoms. The number of rotatable bonds is 4. The van der Waals surface area contributed by atoms with E-state index >= 15 is 0 Å². The van der Waals surface area contributed by atoms with Gasteiger partial charge in [0.05, 0.1) is 11.6 Å². The first-order valence-corrected chi connectivity index (χ1v) is 7.52. The molecule has 122 valence electrons. The van der Waals surface area contributed by atoms with Crippen LogP contribution in [0.4, 0.5) is 11.4 Å². The van der Waals surface area contributed by atoms with Crippen LogP contribution in [-0.2, 0) is 9.59 Å². The van der Waals surface area contributed by atoms with Crippen molar-refractivity contribution < 1.29 is 9.59 Å². The number of nitrogens with one attached hydrogen (secondary N) is 2. The van der Waals surface area contributed by atoms with E-state index in [1.54, 1.807) is 44.2 Å². The number of nitrogens with zero attached hydrogens (tertiary/aromatic N) is 1. The number of carbonyl (C=O) groups is 2. The fraction of sp³-hybridized carbons (Fsp3) is 0.211. The molecule has 0 saturated carbocycles. The lowest BCUT2D eigenvalue weighted by atomic mass is 9.90. The van der Waals surface area contributed by atoms with Crippen LogP contribution in [0.3, 0.4) is 0 Å². The van der Waals surface area contributed by atoms with Crippen molar-refractivity contribution in [1.82, 2.24) is 0 Å². The van der Waals surface area contributed by atoms with Gasteiger partial charge in [-0.05, 0) is 62.7 Å². The van der Waals surface area contributed by atoms with Crippen LogP contribution in [0.15, 0.2) is 48.5 Å². The summed E-state index contributed by atoms with van der Waals surface area (Å²) in [6.45, 7) is 5.06. The number of nitriles is 1. The Morgan fingerprint density at radius 1 is 0.958 bits per heavy atom. The maximum atomic E-state index is 12.5. The van der Waals surface area contributed by atoms with Crippen LogP contribution in [0.25, 0.3) is 0 Å². The molecule has 0 aliphatic rings. The summed E-state index contributed by atoms with van der Waals surface area (Å²) in [5.74, 6) is -0.809. The summed E-state index contributed by atoms with van der Waals surface area (Å²) < 4.78 is 0. The SMILES string of the molecule is Cc1cccc(NC(=O)C(C)(C)C(=O)Nc2ccc(C#N)cc2)c1. The lowest BCUT2D eigenvalue weighted by Crippen LogP contribution is -2.41. The Morgan fingerprint density at radius 3 is 2.08 bits per heavy atom. The van der Waals surface area contributed by atoms with Crippen molar-refractivity contribution in [3.63, 3.8) is 0 Å². The predicted octanol–water partition coefficient (Wildman–Crippen LogP) is 3.47. The number of carbonyl (C=O) groups excluding carboxylic acids is 2. The van der Waals surface area contributed by atoms with Gasteiger partial charge in [-0.25, -0.2) is 0 Å². The number of anilines is 2. The van der Waals surface area contributed by atoms with Gasteiger partial charge in [-0.15, -0.1) is 0 Å². The normalized spacial score (nSPS) is 10.6. The summed E-state index contributed by atoms with van der Waals surface area (Å²) in [6.07, 6.45) is 0. The van der Waals surface area contributed by atoms with E-state index in [-0.39, 0.29) is 5.91 Å². The number of benzene rings is 2. The van der Waals surface area contributed by atoms with Crippen molar-refractivity contribution in [2.45, 2.75) is 20.8 Å². The molecule has 2 rings (SSSR count). The monoisotopic (exact) mass is 321 g/mol. The van der Waals surface area contributed by atoms with Crippen LogP contribution in [0.5, 0.6) is 0 Å². The van der Waals surface area contributed by atoms with E-state index < -0.39 is 11.3 Å². The third kappa shape index (κ3) is 3.99. The minimum Gasteiger partial charge on any atom is -0.325 e. The Hall–Kier alpha value is -3.13. The van der Waals surface area contributed by atoms with E-state index in [0.29, 0.717) is 16.9 Å². The fourth-order valence-corrected chi connectivity index (χ4v) is 2.03. The Morgan fingerprint density at radius 2 is 1.54 bits per heavy atom. The first kappa shape index (κ1) is 17.2. The summed E-state index contributed by atoms with van der Waals surface area (Å²) >= 11 is 0. The van der Waals surface area contributed by atoms with Gasteiger partial charge in [0, 0.05) is 11.4 Å². The zero-order chi connectivity index (χ0) is 17.7. The van der Waals surface area contributed by atoms with Crippen LogP contribution in [-0.4, -0.2) is 11.8 Å². The molecule has 0 unspecified atom stereocenters. The second-order valence-electron chi connectivity index (χ2n) is 6.09. The first-order valence-electron chi connectivity index (χ1n) is 7.52. The van der Waals surface area contributed by atoms with E-state index in [1.165, 1.54) is 0 Å². The number of hydrogen-bond donors (Lipinski definition) is 2. The number of amides is 2. The van der Waals surface area contributed by atoms with Gasteiger partial charge < -0.3 is 10.6 Å². The van der Waals surface area contributed by atoms with E-state index in [4.69, 9.17) is 5.26 Å². The summed E-state index contributed by atoms with van der Waals surface area (Å²) in [4.78, 5) is 24.9. The third-order valence-electron chi connectivity index (χ3n) is 3.68. The van der Waals surface area contributed by atoms with Gasteiger partial charge in [0.1, 0.15) is 5.41 Å². The van der Waals surface area contributed by atoms with E-state index in [9.17, 15) is 9.59 Å². The average Bonchev–Trinajstić information content (AvgIpc) is 2.55. The van der Waals surface area contributed by atoms with Gasteiger partial charge in [0.2, 0.25) is 11.8 Å². The Balaban J connectivity index is 2.08. The summed E-state index contributed by atoms with van der Waals surface area (Å²) in [6, 6.07) is 15.9. The summed E-state index contributed by atoms with van der Waals surface area (Å²) in [5.41, 5.74) is 1.46. The first-order chi connectivity index (χ1) is 11.3. The van der Waals surface area contributed by atoms with E-state index in [2.05, 4.69) is 10.6 Å². The molecule has 2 N–H and O–H groups in total. The van der Waals surface area contributed by atoms with Crippen LogP contribution in [0.1, 0.15) is 25.0 Å². The lowest BCUT2D eigenvalue weighted by Gasteiger charge is -2.23. The van der Waals surface area contributed by atoms with Crippen LogP contribution in [0.2, 0.25) is 0 Å². The zero-order valence-corrected chi connectivity index (χ0v) is 13.9. The molecule has 0 heterocycles. The smallest absolute Gasteiger partial charge is 0.239 e. The molecule has 24 heavy (non-hydrogen) atoms. The van der Waals surface area contributed by atoms with Gasteiger partial charge in [0.15, 0.2) is 0 Å². The van der Waals surface area contributed by atoms with Crippen LogP contribution >= 0.6 is 0 Å². The molecule has 0 saturated heterocycles.